The van der Waals surface area contributed by atoms with E-state index in [9.17, 15) is 4.79 Å². The molecule has 5 nitrogen and oxygen atoms in total. The maximum atomic E-state index is 12.7. The van der Waals surface area contributed by atoms with Gasteiger partial charge in [-0.1, -0.05) is 44.2 Å². The number of carbonyl (C=O) groups excluding carboxylic acids is 1. The van der Waals surface area contributed by atoms with Gasteiger partial charge in [0, 0.05) is 19.2 Å². The van der Waals surface area contributed by atoms with E-state index < -0.39 is 0 Å². The first-order valence-corrected chi connectivity index (χ1v) is 8.59. The number of aromatic nitrogens is 2. The lowest BCUT2D eigenvalue weighted by Crippen LogP contribution is -2.48. The lowest BCUT2D eigenvalue weighted by atomic mass is 10.0. The van der Waals surface area contributed by atoms with Crippen LogP contribution < -0.4 is 0 Å². The topological polar surface area (TPSA) is 58.2 Å². The second-order valence-electron chi connectivity index (χ2n) is 6.72. The molecule has 24 heavy (non-hydrogen) atoms. The summed E-state index contributed by atoms with van der Waals surface area (Å²) >= 11 is 0. The third kappa shape index (κ3) is 4.03. The van der Waals surface area contributed by atoms with E-state index in [4.69, 9.17) is 4.74 Å². The fourth-order valence-corrected chi connectivity index (χ4v) is 3.04. The number of carbonyl (C=O) groups is 1. The number of ether oxygens (including phenoxy) is 1. The number of hydrogen-bond acceptors (Lipinski definition) is 3. The van der Waals surface area contributed by atoms with Crippen molar-refractivity contribution < 1.29 is 9.53 Å². The number of morpholine rings is 1. The lowest BCUT2D eigenvalue weighted by molar-refractivity contribution is -0.150. The van der Waals surface area contributed by atoms with Crippen LogP contribution in [-0.4, -0.2) is 40.2 Å². The Morgan fingerprint density at radius 1 is 1.33 bits per heavy atom. The van der Waals surface area contributed by atoms with Gasteiger partial charge in [-0.3, -0.25) is 9.89 Å². The Hall–Kier alpha value is -2.14. The summed E-state index contributed by atoms with van der Waals surface area (Å²) in [4.78, 5) is 14.6. The number of H-pyrrole nitrogens is 1. The maximum Gasteiger partial charge on any atom is 0.223 e. The summed E-state index contributed by atoms with van der Waals surface area (Å²) in [7, 11) is 0. The van der Waals surface area contributed by atoms with E-state index >= 15 is 0 Å². The van der Waals surface area contributed by atoms with Gasteiger partial charge in [0.2, 0.25) is 5.91 Å². The average Bonchev–Trinajstić information content (AvgIpc) is 3.13. The Bertz CT molecular complexity index is 640. The van der Waals surface area contributed by atoms with Crippen LogP contribution in [0.25, 0.3) is 0 Å². The molecule has 3 rings (SSSR count). The molecule has 0 saturated carbocycles. The van der Waals surface area contributed by atoms with Crippen LogP contribution in [0.1, 0.15) is 37.5 Å². The lowest BCUT2D eigenvalue weighted by Gasteiger charge is -2.40. The molecule has 0 unspecified atom stereocenters. The van der Waals surface area contributed by atoms with Gasteiger partial charge in [0.15, 0.2) is 0 Å². The molecule has 0 bridgehead atoms. The molecule has 1 fully saturated rings. The van der Waals surface area contributed by atoms with Crippen molar-refractivity contribution in [1.82, 2.24) is 15.1 Å². The monoisotopic (exact) mass is 327 g/mol. The molecule has 1 aromatic heterocycles. The second-order valence-corrected chi connectivity index (χ2v) is 6.72. The van der Waals surface area contributed by atoms with Gasteiger partial charge in [0.05, 0.1) is 18.8 Å². The van der Waals surface area contributed by atoms with E-state index in [-0.39, 0.29) is 18.1 Å². The van der Waals surface area contributed by atoms with Crippen molar-refractivity contribution in [2.45, 2.75) is 38.9 Å². The first kappa shape index (κ1) is 16.7. The molecule has 1 aromatic carbocycles. The van der Waals surface area contributed by atoms with Crippen molar-refractivity contribution in [1.29, 1.82) is 0 Å². The van der Waals surface area contributed by atoms with Crippen LogP contribution in [0.5, 0.6) is 0 Å². The number of aryl methyl sites for hydroxylation is 1. The number of benzene rings is 1. The molecule has 128 valence electrons. The Kier molecular flexibility index (Phi) is 5.30. The Morgan fingerprint density at radius 2 is 2.12 bits per heavy atom. The molecule has 5 heteroatoms. The van der Waals surface area contributed by atoms with E-state index in [1.54, 1.807) is 6.20 Å². The largest absolute Gasteiger partial charge is 0.366 e. The van der Waals surface area contributed by atoms with Gasteiger partial charge in [-0.05, 0) is 23.5 Å². The van der Waals surface area contributed by atoms with Gasteiger partial charge in [-0.2, -0.15) is 5.10 Å². The molecule has 1 N–H and O–H groups in total. The second kappa shape index (κ2) is 7.62. The SMILES string of the molecule is CC(C)[C@H]1CN(C(=O)CCc2cn[nH]c2)C[C@@H](c2ccccc2)O1. The summed E-state index contributed by atoms with van der Waals surface area (Å²) in [5, 5.41) is 6.72. The zero-order chi connectivity index (χ0) is 16.9. The normalized spacial score (nSPS) is 21.2. The fourth-order valence-electron chi connectivity index (χ4n) is 3.04. The number of rotatable bonds is 5. The number of nitrogens with zero attached hydrogens (tertiary/aromatic N) is 2. The minimum Gasteiger partial charge on any atom is -0.366 e. The smallest absolute Gasteiger partial charge is 0.223 e. The van der Waals surface area contributed by atoms with Gasteiger partial charge < -0.3 is 9.64 Å². The molecular weight excluding hydrogens is 302 g/mol. The summed E-state index contributed by atoms with van der Waals surface area (Å²) in [5.41, 5.74) is 2.20. The zero-order valence-corrected chi connectivity index (χ0v) is 14.3. The molecule has 0 spiro atoms. The standard InChI is InChI=1S/C19H25N3O2/c1-14(2)17-12-22(19(23)9-8-15-10-20-21-11-15)13-18(24-17)16-6-4-3-5-7-16/h3-7,10-11,14,17-18H,8-9,12-13H2,1-2H3,(H,20,21)/t17-,18+/m1/s1. The molecular formula is C19H25N3O2. The molecule has 0 aliphatic carbocycles. The van der Waals surface area contributed by atoms with Crippen LogP contribution in [0.15, 0.2) is 42.7 Å². The molecule has 2 atom stereocenters. The number of nitrogens with one attached hydrogen (secondary N) is 1. The third-order valence-electron chi connectivity index (χ3n) is 4.58. The van der Waals surface area contributed by atoms with Crippen molar-refractivity contribution in [2.75, 3.05) is 13.1 Å². The van der Waals surface area contributed by atoms with Gasteiger partial charge in [0.1, 0.15) is 6.10 Å². The first-order chi connectivity index (χ1) is 11.6. The minimum absolute atomic E-state index is 0.0507. The van der Waals surface area contributed by atoms with Crippen molar-refractivity contribution in [3.05, 3.63) is 53.9 Å². The van der Waals surface area contributed by atoms with Gasteiger partial charge in [0.25, 0.3) is 0 Å². The summed E-state index contributed by atoms with van der Waals surface area (Å²) in [6.45, 7) is 5.58. The highest BCUT2D eigenvalue weighted by Crippen LogP contribution is 2.28. The molecule has 2 aromatic rings. The highest BCUT2D eigenvalue weighted by atomic mass is 16.5. The van der Waals surface area contributed by atoms with Gasteiger partial charge in [-0.15, -0.1) is 0 Å². The van der Waals surface area contributed by atoms with E-state index in [0.717, 1.165) is 17.5 Å². The average molecular weight is 327 g/mol. The first-order valence-electron chi connectivity index (χ1n) is 8.59. The van der Waals surface area contributed by atoms with Crippen molar-refractivity contribution in [3.8, 4) is 0 Å². The quantitative estimate of drug-likeness (QED) is 0.918. The van der Waals surface area contributed by atoms with Crippen LogP contribution in [0, 0.1) is 5.92 Å². The predicted octanol–water partition coefficient (Wildman–Crippen LogP) is 2.97. The summed E-state index contributed by atoms with van der Waals surface area (Å²) in [6.07, 6.45) is 4.86. The fraction of sp³-hybridized carbons (Fsp3) is 0.474. The Balaban J connectivity index is 1.68. The summed E-state index contributed by atoms with van der Waals surface area (Å²) in [6, 6.07) is 10.2. The zero-order valence-electron chi connectivity index (χ0n) is 14.3. The highest BCUT2D eigenvalue weighted by Gasteiger charge is 2.32. The van der Waals surface area contributed by atoms with Crippen molar-refractivity contribution >= 4 is 5.91 Å². The molecule has 1 aliphatic rings. The molecule has 1 saturated heterocycles. The van der Waals surface area contributed by atoms with Gasteiger partial charge in [-0.25, -0.2) is 0 Å². The Morgan fingerprint density at radius 3 is 2.79 bits per heavy atom. The third-order valence-corrected chi connectivity index (χ3v) is 4.58. The summed E-state index contributed by atoms with van der Waals surface area (Å²) < 4.78 is 6.26. The molecule has 2 heterocycles. The molecule has 1 aliphatic heterocycles. The van der Waals surface area contributed by atoms with Crippen LogP contribution in [0.2, 0.25) is 0 Å². The van der Waals surface area contributed by atoms with E-state index in [0.29, 0.717) is 25.4 Å². The maximum absolute atomic E-state index is 12.7. The van der Waals surface area contributed by atoms with E-state index in [2.05, 4.69) is 36.2 Å². The number of aromatic amines is 1. The van der Waals surface area contributed by atoms with Crippen LogP contribution in [0.3, 0.4) is 0 Å². The number of hydrogen-bond donors (Lipinski definition) is 1. The van der Waals surface area contributed by atoms with E-state index in [1.165, 1.54) is 0 Å². The van der Waals surface area contributed by atoms with Gasteiger partial charge >= 0.3 is 0 Å². The van der Waals surface area contributed by atoms with E-state index in [1.807, 2.05) is 29.3 Å². The minimum atomic E-state index is -0.0507. The van der Waals surface area contributed by atoms with Crippen LogP contribution >= 0.6 is 0 Å². The van der Waals surface area contributed by atoms with Crippen LogP contribution in [-0.2, 0) is 16.0 Å². The Labute approximate surface area is 143 Å². The number of amides is 1. The molecule has 1 amide bonds. The highest BCUT2D eigenvalue weighted by molar-refractivity contribution is 5.76. The van der Waals surface area contributed by atoms with Crippen molar-refractivity contribution in [2.24, 2.45) is 5.92 Å². The molecule has 0 radical (unpaired) electrons. The predicted molar refractivity (Wildman–Crippen MR) is 92.4 cm³/mol. The van der Waals surface area contributed by atoms with Crippen molar-refractivity contribution in [3.63, 3.8) is 0 Å². The van der Waals surface area contributed by atoms with Crippen LogP contribution in [0.4, 0.5) is 0 Å². The summed E-state index contributed by atoms with van der Waals surface area (Å²) in [5.74, 6) is 0.562.